The van der Waals surface area contributed by atoms with Gasteiger partial charge in [0.2, 0.25) is 5.91 Å². The smallest absolute Gasteiger partial charge is 0.270 e. The van der Waals surface area contributed by atoms with Crippen LogP contribution in [0.1, 0.15) is 33.0 Å². The number of benzene rings is 2. The number of carbonyl (C=O) groups excluding carboxylic acids is 2. The van der Waals surface area contributed by atoms with Gasteiger partial charge in [-0.1, -0.05) is 47.6 Å². The quantitative estimate of drug-likeness (QED) is 0.439. The normalized spacial score (nSPS) is 15.1. The average molecular weight is 460 g/mol. The minimum Gasteiger partial charge on any atom is -0.370 e. The van der Waals surface area contributed by atoms with E-state index in [0.29, 0.717) is 43.1 Å². The van der Waals surface area contributed by atoms with E-state index in [2.05, 4.69) is 20.9 Å². The van der Waals surface area contributed by atoms with Crippen LogP contribution in [0, 0.1) is 0 Å². The standard InChI is InChI=1S/C25H25N5O4/c1-30-24(25(32)27-13-16-7-3-2-4-8-16)19-11-17(33-15-21(19)28-30)14-26-23(31)12-20-18-9-5-6-10-22(18)34-29-20/h2-10,17H,11-15H2,1H3,(H,26,31)(H,27,32). The maximum Gasteiger partial charge on any atom is 0.270 e. The van der Waals surface area contributed by atoms with Crippen molar-refractivity contribution in [2.75, 3.05) is 6.54 Å². The van der Waals surface area contributed by atoms with Gasteiger partial charge in [-0.2, -0.15) is 5.10 Å². The lowest BCUT2D eigenvalue weighted by Gasteiger charge is -2.23. The molecule has 34 heavy (non-hydrogen) atoms. The van der Waals surface area contributed by atoms with Crippen LogP contribution in [0.2, 0.25) is 0 Å². The Bertz CT molecular complexity index is 1330. The van der Waals surface area contributed by atoms with Crippen molar-refractivity contribution >= 4 is 22.8 Å². The zero-order valence-electron chi connectivity index (χ0n) is 18.8. The first-order valence-electron chi connectivity index (χ1n) is 11.2. The van der Waals surface area contributed by atoms with Gasteiger partial charge in [-0.05, 0) is 17.7 Å². The van der Waals surface area contributed by atoms with Crippen LogP contribution in [0.15, 0.2) is 59.1 Å². The summed E-state index contributed by atoms with van der Waals surface area (Å²) in [6.45, 7) is 1.06. The summed E-state index contributed by atoms with van der Waals surface area (Å²) < 4.78 is 12.8. The molecule has 1 unspecified atom stereocenters. The second-order valence-electron chi connectivity index (χ2n) is 8.31. The van der Waals surface area contributed by atoms with E-state index in [1.165, 1.54) is 0 Å². The molecule has 0 fully saturated rings. The van der Waals surface area contributed by atoms with Gasteiger partial charge in [-0.25, -0.2) is 0 Å². The number of ether oxygens (including phenoxy) is 1. The Morgan fingerprint density at radius 1 is 1.09 bits per heavy atom. The lowest BCUT2D eigenvalue weighted by atomic mass is 10.0. The Labute approximate surface area is 196 Å². The van der Waals surface area contributed by atoms with Crippen LogP contribution in [0.3, 0.4) is 0 Å². The number of rotatable bonds is 7. The van der Waals surface area contributed by atoms with Crippen molar-refractivity contribution in [1.82, 2.24) is 25.6 Å². The Morgan fingerprint density at radius 3 is 2.74 bits per heavy atom. The van der Waals surface area contributed by atoms with Gasteiger partial charge in [0.05, 0.1) is 24.8 Å². The van der Waals surface area contributed by atoms with Gasteiger partial charge in [0.15, 0.2) is 5.58 Å². The highest BCUT2D eigenvalue weighted by Gasteiger charge is 2.29. The molecule has 0 saturated carbocycles. The average Bonchev–Trinajstić information content (AvgIpc) is 3.41. The van der Waals surface area contributed by atoms with Crippen LogP contribution in [0.4, 0.5) is 0 Å². The molecule has 4 aromatic rings. The molecular formula is C25H25N5O4. The molecule has 0 radical (unpaired) electrons. The number of hydrogen-bond acceptors (Lipinski definition) is 6. The summed E-state index contributed by atoms with van der Waals surface area (Å²) in [7, 11) is 1.76. The SMILES string of the molecule is Cn1nc2c(c1C(=O)NCc1ccccc1)CC(CNC(=O)Cc1noc3ccccc13)OC2. The first-order chi connectivity index (χ1) is 16.6. The maximum atomic E-state index is 12.9. The highest BCUT2D eigenvalue weighted by Crippen LogP contribution is 2.24. The Morgan fingerprint density at radius 2 is 1.88 bits per heavy atom. The molecule has 1 atom stereocenters. The highest BCUT2D eigenvalue weighted by atomic mass is 16.5. The molecular weight excluding hydrogens is 434 g/mol. The summed E-state index contributed by atoms with van der Waals surface area (Å²) in [6, 6.07) is 17.2. The zero-order chi connectivity index (χ0) is 23.5. The van der Waals surface area contributed by atoms with Gasteiger partial charge in [0.1, 0.15) is 11.4 Å². The number of carbonyl (C=O) groups is 2. The van der Waals surface area contributed by atoms with Crippen molar-refractivity contribution in [3.8, 4) is 0 Å². The number of aromatic nitrogens is 3. The monoisotopic (exact) mass is 459 g/mol. The van der Waals surface area contributed by atoms with E-state index in [-0.39, 0.29) is 24.3 Å². The summed E-state index contributed by atoms with van der Waals surface area (Å²) in [6.07, 6.45) is 0.356. The number of fused-ring (bicyclic) bond motifs is 2. The van der Waals surface area contributed by atoms with E-state index in [1.54, 1.807) is 11.7 Å². The summed E-state index contributed by atoms with van der Waals surface area (Å²) in [5, 5.41) is 15.2. The molecule has 0 saturated heterocycles. The summed E-state index contributed by atoms with van der Waals surface area (Å²) in [5.74, 6) is -0.344. The molecule has 3 heterocycles. The molecule has 9 heteroatoms. The zero-order valence-corrected chi connectivity index (χ0v) is 18.8. The molecule has 0 aliphatic carbocycles. The second kappa shape index (κ2) is 9.48. The van der Waals surface area contributed by atoms with Gasteiger partial charge in [0, 0.05) is 37.5 Å². The number of nitrogens with zero attached hydrogens (tertiary/aromatic N) is 3. The van der Waals surface area contributed by atoms with E-state index in [4.69, 9.17) is 9.26 Å². The molecule has 9 nitrogen and oxygen atoms in total. The number of nitrogens with one attached hydrogen (secondary N) is 2. The van der Waals surface area contributed by atoms with E-state index >= 15 is 0 Å². The largest absolute Gasteiger partial charge is 0.370 e. The minimum atomic E-state index is -0.254. The third kappa shape index (κ3) is 4.55. The third-order valence-corrected chi connectivity index (χ3v) is 5.93. The van der Waals surface area contributed by atoms with Crippen LogP contribution >= 0.6 is 0 Å². The van der Waals surface area contributed by atoms with Crippen molar-refractivity contribution in [3.05, 3.63) is 82.8 Å². The maximum absolute atomic E-state index is 12.9. The number of para-hydroxylation sites is 1. The van der Waals surface area contributed by atoms with Crippen LogP contribution in [0.25, 0.3) is 11.0 Å². The van der Waals surface area contributed by atoms with Crippen molar-refractivity contribution in [3.63, 3.8) is 0 Å². The summed E-state index contributed by atoms with van der Waals surface area (Å²) in [4.78, 5) is 25.4. The van der Waals surface area contributed by atoms with Gasteiger partial charge < -0.3 is 19.9 Å². The van der Waals surface area contributed by atoms with Crippen molar-refractivity contribution < 1.29 is 18.8 Å². The first kappa shape index (κ1) is 21.8. The molecule has 174 valence electrons. The van der Waals surface area contributed by atoms with Crippen molar-refractivity contribution in [1.29, 1.82) is 0 Å². The topological polar surface area (TPSA) is 111 Å². The van der Waals surface area contributed by atoms with Crippen LogP contribution < -0.4 is 10.6 Å². The van der Waals surface area contributed by atoms with Gasteiger partial charge in [0.25, 0.3) is 5.91 Å². The molecule has 2 aromatic carbocycles. The molecule has 0 spiro atoms. The molecule has 2 amide bonds. The summed E-state index contributed by atoms with van der Waals surface area (Å²) >= 11 is 0. The second-order valence-corrected chi connectivity index (χ2v) is 8.31. The van der Waals surface area contributed by atoms with E-state index in [1.807, 2.05) is 54.6 Å². The minimum absolute atomic E-state index is 0.120. The van der Waals surface area contributed by atoms with Crippen LogP contribution in [-0.2, 0) is 42.6 Å². The molecule has 0 bridgehead atoms. The lowest BCUT2D eigenvalue weighted by molar-refractivity contribution is -0.121. The number of amides is 2. The molecule has 1 aliphatic heterocycles. The van der Waals surface area contributed by atoms with Gasteiger partial charge >= 0.3 is 0 Å². The van der Waals surface area contributed by atoms with E-state index < -0.39 is 0 Å². The lowest BCUT2D eigenvalue weighted by Crippen LogP contribution is -2.38. The third-order valence-electron chi connectivity index (χ3n) is 5.93. The van der Waals surface area contributed by atoms with E-state index in [0.717, 1.165) is 22.2 Å². The number of aryl methyl sites for hydroxylation is 1. The molecule has 2 N–H and O–H groups in total. The van der Waals surface area contributed by atoms with Crippen LogP contribution in [-0.4, -0.2) is 39.4 Å². The molecule has 2 aromatic heterocycles. The molecule has 5 rings (SSSR count). The fraction of sp³-hybridized carbons (Fsp3) is 0.280. The van der Waals surface area contributed by atoms with Gasteiger partial charge in [-0.3, -0.25) is 14.3 Å². The number of hydrogen-bond donors (Lipinski definition) is 2. The molecule has 1 aliphatic rings. The predicted molar refractivity (Wildman–Crippen MR) is 124 cm³/mol. The highest BCUT2D eigenvalue weighted by molar-refractivity contribution is 5.94. The van der Waals surface area contributed by atoms with E-state index in [9.17, 15) is 9.59 Å². The van der Waals surface area contributed by atoms with Crippen LogP contribution in [0.5, 0.6) is 0 Å². The van der Waals surface area contributed by atoms with Crippen molar-refractivity contribution in [2.45, 2.75) is 32.1 Å². The van der Waals surface area contributed by atoms with Crippen molar-refractivity contribution in [2.24, 2.45) is 7.05 Å². The summed E-state index contributed by atoms with van der Waals surface area (Å²) in [5.41, 5.74) is 4.42. The fourth-order valence-corrected chi connectivity index (χ4v) is 4.22. The predicted octanol–water partition coefficient (Wildman–Crippen LogP) is 2.29. The fourth-order valence-electron chi connectivity index (χ4n) is 4.22. The first-order valence-corrected chi connectivity index (χ1v) is 11.2. The Balaban J connectivity index is 1.20. The van der Waals surface area contributed by atoms with Gasteiger partial charge in [-0.15, -0.1) is 0 Å². The Kier molecular flexibility index (Phi) is 6.09. The Hall–Kier alpha value is -3.98.